The topological polar surface area (TPSA) is 154 Å². The average Bonchev–Trinajstić information content (AvgIpc) is 2.76. The molecule has 2 atom stereocenters. The number of amides is 2. The van der Waals surface area contributed by atoms with Gasteiger partial charge in [-0.1, -0.05) is 18.2 Å². The lowest BCUT2D eigenvalue weighted by Gasteiger charge is -2.15. The molecule has 0 fully saturated rings. The minimum Gasteiger partial charge on any atom is -0.481 e. The third-order valence-corrected chi connectivity index (χ3v) is 6.12. The second-order valence-corrected chi connectivity index (χ2v) is 8.82. The van der Waals surface area contributed by atoms with E-state index in [0.29, 0.717) is 19.4 Å². The van der Waals surface area contributed by atoms with E-state index >= 15 is 0 Å². The standard InChI is InChI=1S/C18H27N2O4PS.C3H5NO3/c1-3-24-25(20-16-8-5-4-6-9-16)12-13-26-14-15(2)19-17(21)10-7-11-18(22)23;5-2-4-1-3(6)7/h4-6,8-9,12-13,15,20H,3,7,10-11,14H2,1-2H3,(H,19,21)(H,22,23);2H,1H2,(H,4,5)(H,6,7)/b13-12-;. The van der Waals surface area contributed by atoms with E-state index in [1.807, 2.05) is 60.7 Å². The Morgan fingerprint density at radius 3 is 2.39 bits per heavy atom. The number of carbonyl (C=O) groups is 4. The highest BCUT2D eigenvalue weighted by atomic mass is 32.2. The van der Waals surface area contributed by atoms with Crippen LogP contribution in [0.15, 0.2) is 41.6 Å². The predicted molar refractivity (Wildman–Crippen MR) is 131 cm³/mol. The Balaban J connectivity index is 0.00000126. The summed E-state index contributed by atoms with van der Waals surface area (Å²) in [5.41, 5.74) is 1.02. The molecule has 0 saturated carbocycles. The number of carboxylic acids is 2. The van der Waals surface area contributed by atoms with Crippen LogP contribution < -0.4 is 15.7 Å². The molecule has 2 unspecified atom stereocenters. The molecule has 0 spiro atoms. The molecular weight excluding hydrogens is 469 g/mol. The summed E-state index contributed by atoms with van der Waals surface area (Å²) < 4.78 is 5.72. The van der Waals surface area contributed by atoms with Crippen LogP contribution in [-0.4, -0.2) is 59.4 Å². The molecule has 184 valence electrons. The van der Waals surface area contributed by atoms with Crippen LogP contribution in [0.25, 0.3) is 0 Å². The summed E-state index contributed by atoms with van der Waals surface area (Å²) >= 11 is 1.60. The van der Waals surface area contributed by atoms with Gasteiger partial charge < -0.3 is 30.5 Å². The maximum Gasteiger partial charge on any atom is 0.322 e. The van der Waals surface area contributed by atoms with Gasteiger partial charge in [-0.3, -0.25) is 19.2 Å². The monoisotopic (exact) mass is 501 g/mol. The fourth-order valence-corrected chi connectivity index (χ4v) is 4.28. The van der Waals surface area contributed by atoms with Gasteiger partial charge in [0.05, 0.1) is 6.61 Å². The van der Waals surface area contributed by atoms with E-state index in [2.05, 4.69) is 10.4 Å². The molecule has 2 amide bonds. The Bertz CT molecular complexity index is 738. The summed E-state index contributed by atoms with van der Waals surface area (Å²) in [7, 11) is -0.893. The fourth-order valence-electron chi connectivity index (χ4n) is 2.11. The van der Waals surface area contributed by atoms with Crippen molar-refractivity contribution in [1.82, 2.24) is 10.6 Å². The molecule has 0 aliphatic heterocycles. The minimum atomic E-state index is -1.04. The highest BCUT2D eigenvalue weighted by molar-refractivity contribution is 8.02. The van der Waals surface area contributed by atoms with Crippen LogP contribution in [-0.2, 0) is 23.7 Å². The van der Waals surface area contributed by atoms with Crippen LogP contribution in [0.3, 0.4) is 0 Å². The predicted octanol–water partition coefficient (Wildman–Crippen LogP) is 3.23. The molecule has 1 aromatic carbocycles. The van der Waals surface area contributed by atoms with Crippen LogP contribution >= 0.6 is 20.1 Å². The number of hydrogen-bond acceptors (Lipinski definition) is 7. The highest BCUT2D eigenvalue weighted by Crippen LogP contribution is 2.39. The smallest absolute Gasteiger partial charge is 0.322 e. The van der Waals surface area contributed by atoms with Crippen molar-refractivity contribution in [3.8, 4) is 0 Å². The normalized spacial score (nSPS) is 12.1. The number of rotatable bonds is 16. The summed E-state index contributed by atoms with van der Waals surface area (Å²) in [5, 5.41) is 26.6. The van der Waals surface area contributed by atoms with Crippen molar-refractivity contribution in [3.05, 3.63) is 41.6 Å². The Morgan fingerprint density at radius 1 is 1.15 bits per heavy atom. The molecule has 0 aliphatic carbocycles. The lowest BCUT2D eigenvalue weighted by Crippen LogP contribution is -2.34. The first-order chi connectivity index (χ1) is 15.8. The van der Waals surface area contributed by atoms with E-state index in [0.717, 1.165) is 11.4 Å². The first-order valence-electron chi connectivity index (χ1n) is 10.2. The molecule has 0 radical (unpaired) electrons. The van der Waals surface area contributed by atoms with Gasteiger partial charge in [-0.25, -0.2) is 0 Å². The molecule has 1 rings (SSSR count). The van der Waals surface area contributed by atoms with Crippen LogP contribution in [0.4, 0.5) is 5.69 Å². The molecule has 33 heavy (non-hydrogen) atoms. The number of nitrogens with one attached hydrogen (secondary N) is 3. The number of aliphatic carboxylic acids is 2. The van der Waals surface area contributed by atoms with E-state index in [-0.39, 0.29) is 31.3 Å². The summed E-state index contributed by atoms with van der Waals surface area (Å²) in [5.74, 6) is 0.735. The number of para-hydroxylation sites is 1. The maximum atomic E-state index is 11.7. The van der Waals surface area contributed by atoms with Gasteiger partial charge in [-0.15, -0.1) is 11.8 Å². The van der Waals surface area contributed by atoms with E-state index in [9.17, 15) is 19.2 Å². The first kappa shape index (κ1) is 30.4. The SMILES string of the molecule is CCOP(/C=C\SCC(C)NC(=O)CCCC(=O)O)Nc1ccccc1.O=CNCC(=O)O. The van der Waals surface area contributed by atoms with E-state index in [4.69, 9.17) is 14.7 Å². The van der Waals surface area contributed by atoms with Gasteiger partial charge in [0.15, 0.2) is 8.30 Å². The number of hydrogen-bond donors (Lipinski definition) is 5. The maximum absolute atomic E-state index is 11.7. The van der Waals surface area contributed by atoms with Crippen molar-refractivity contribution < 1.29 is 33.9 Å². The second-order valence-electron chi connectivity index (χ2n) is 6.45. The minimum absolute atomic E-state index is 0.0161. The Hall–Kier alpha value is -2.62. The molecule has 0 aromatic heterocycles. The Kier molecular flexibility index (Phi) is 18.4. The molecule has 0 aliphatic rings. The molecule has 12 heteroatoms. The lowest BCUT2D eigenvalue weighted by atomic mass is 10.2. The summed E-state index contributed by atoms with van der Waals surface area (Å²) in [6.45, 7) is 4.22. The molecule has 0 bridgehead atoms. The van der Waals surface area contributed by atoms with Gasteiger partial charge >= 0.3 is 11.9 Å². The van der Waals surface area contributed by atoms with E-state index < -0.39 is 20.2 Å². The van der Waals surface area contributed by atoms with Crippen molar-refractivity contribution >= 4 is 50.0 Å². The van der Waals surface area contributed by atoms with Gasteiger partial charge in [0.1, 0.15) is 6.54 Å². The zero-order chi connectivity index (χ0) is 24.9. The van der Waals surface area contributed by atoms with E-state index in [1.165, 1.54) is 0 Å². The third-order valence-electron chi connectivity index (χ3n) is 3.46. The summed E-state index contributed by atoms with van der Waals surface area (Å²) in [4.78, 5) is 41.0. The van der Waals surface area contributed by atoms with Gasteiger partial charge in [-0.05, 0) is 43.6 Å². The molecule has 5 N–H and O–H groups in total. The Labute approximate surface area is 199 Å². The third kappa shape index (κ3) is 19.8. The highest BCUT2D eigenvalue weighted by Gasteiger charge is 2.08. The number of anilines is 1. The van der Waals surface area contributed by atoms with Gasteiger partial charge in [0.25, 0.3) is 0 Å². The largest absolute Gasteiger partial charge is 0.481 e. The number of carbonyl (C=O) groups excluding carboxylic acids is 2. The van der Waals surface area contributed by atoms with Crippen molar-refractivity contribution in [2.24, 2.45) is 0 Å². The quantitative estimate of drug-likeness (QED) is 0.170. The van der Waals surface area contributed by atoms with Crippen LogP contribution in [0.5, 0.6) is 0 Å². The zero-order valence-electron chi connectivity index (χ0n) is 18.7. The van der Waals surface area contributed by atoms with E-state index in [1.54, 1.807) is 11.8 Å². The van der Waals surface area contributed by atoms with Gasteiger partial charge in [0, 0.05) is 30.3 Å². The van der Waals surface area contributed by atoms with Crippen LogP contribution in [0.1, 0.15) is 33.1 Å². The molecular formula is C21H32N3O7PS. The molecule has 1 aromatic rings. The van der Waals surface area contributed by atoms with Crippen LogP contribution in [0, 0.1) is 0 Å². The summed E-state index contributed by atoms with van der Waals surface area (Å²) in [6, 6.07) is 9.93. The first-order valence-corrected chi connectivity index (χ1v) is 12.6. The fraction of sp³-hybridized carbons (Fsp3) is 0.429. The number of benzene rings is 1. The molecule has 0 heterocycles. The lowest BCUT2D eigenvalue weighted by molar-refractivity contribution is -0.137. The number of thioether (sulfide) groups is 1. The van der Waals surface area contributed by atoms with Crippen LogP contribution in [0.2, 0.25) is 0 Å². The second kappa shape index (κ2) is 20.0. The molecule has 10 nitrogen and oxygen atoms in total. The van der Waals surface area contributed by atoms with Crippen molar-refractivity contribution in [3.63, 3.8) is 0 Å². The van der Waals surface area contributed by atoms with Gasteiger partial charge in [0.2, 0.25) is 12.3 Å². The van der Waals surface area contributed by atoms with Gasteiger partial charge in [-0.2, -0.15) is 0 Å². The average molecular weight is 502 g/mol. The van der Waals surface area contributed by atoms with Crippen molar-refractivity contribution in [1.29, 1.82) is 0 Å². The Morgan fingerprint density at radius 2 is 1.85 bits per heavy atom. The number of carboxylic acid groups (broad SMARTS) is 2. The zero-order valence-corrected chi connectivity index (χ0v) is 20.4. The van der Waals surface area contributed by atoms with Crippen molar-refractivity contribution in [2.75, 3.05) is 24.0 Å². The molecule has 0 saturated heterocycles. The summed E-state index contributed by atoms with van der Waals surface area (Å²) in [6.07, 6.45) is 0.974. The van der Waals surface area contributed by atoms with Crippen molar-refractivity contribution in [2.45, 2.75) is 39.2 Å².